The van der Waals surface area contributed by atoms with Gasteiger partial charge in [-0.15, -0.1) is 0 Å². The molecule has 1 rings (SSSR count). The van der Waals surface area contributed by atoms with Crippen molar-refractivity contribution in [1.29, 1.82) is 0 Å². The molecule has 0 aliphatic rings. The summed E-state index contributed by atoms with van der Waals surface area (Å²) in [6, 6.07) is -0.728. The molecule has 0 fully saturated rings. The van der Waals surface area contributed by atoms with Crippen LogP contribution in [0.15, 0.2) is 18.7 Å². The Kier molecular flexibility index (Phi) is 4.80. The van der Waals surface area contributed by atoms with Crippen LogP contribution in [0.5, 0.6) is 0 Å². The quantitative estimate of drug-likeness (QED) is 0.857. The first kappa shape index (κ1) is 14.9. The lowest BCUT2D eigenvalue weighted by atomic mass is 10.1. The molecule has 0 saturated carbocycles. The fraction of sp³-hybridized carbons (Fsp3) is 0.500. The number of hydrogen-bond acceptors (Lipinski definition) is 5. The second-order valence-corrected chi connectivity index (χ2v) is 4.97. The Balaban J connectivity index is 2.76. The number of alkyl carbamates (subject to hydrolysis) is 1. The summed E-state index contributed by atoms with van der Waals surface area (Å²) in [4.78, 5) is 30.1. The third-order valence-electron chi connectivity index (χ3n) is 2.05. The molecule has 0 aliphatic heterocycles. The average Bonchev–Trinajstić information content (AvgIpc) is 2.26. The highest BCUT2D eigenvalue weighted by Crippen LogP contribution is 2.16. The van der Waals surface area contributed by atoms with E-state index in [0.29, 0.717) is 5.56 Å². The van der Waals surface area contributed by atoms with Gasteiger partial charge >= 0.3 is 12.1 Å². The molecule has 104 valence electrons. The average molecular weight is 267 g/mol. The van der Waals surface area contributed by atoms with E-state index in [-0.39, 0.29) is 6.42 Å². The molecule has 7 nitrogen and oxygen atoms in total. The zero-order chi connectivity index (χ0) is 14.5. The SMILES string of the molecule is CC(C)(C)OC(=O)N[C@H](CC(=O)O)c1cncnc1. The van der Waals surface area contributed by atoms with Gasteiger partial charge in [0, 0.05) is 18.0 Å². The summed E-state index contributed by atoms with van der Waals surface area (Å²) in [6.07, 6.45) is 3.29. The van der Waals surface area contributed by atoms with E-state index in [2.05, 4.69) is 15.3 Å². The molecule has 2 N–H and O–H groups in total. The van der Waals surface area contributed by atoms with Gasteiger partial charge in [0.15, 0.2) is 0 Å². The maximum Gasteiger partial charge on any atom is 0.408 e. The number of amides is 1. The number of hydrogen-bond donors (Lipinski definition) is 2. The highest BCUT2D eigenvalue weighted by atomic mass is 16.6. The van der Waals surface area contributed by atoms with E-state index in [4.69, 9.17) is 9.84 Å². The van der Waals surface area contributed by atoms with Gasteiger partial charge in [0.1, 0.15) is 11.9 Å². The fourth-order valence-corrected chi connectivity index (χ4v) is 1.37. The normalized spacial score (nSPS) is 12.6. The Morgan fingerprint density at radius 1 is 1.37 bits per heavy atom. The second-order valence-electron chi connectivity index (χ2n) is 4.97. The van der Waals surface area contributed by atoms with Crippen molar-refractivity contribution in [1.82, 2.24) is 15.3 Å². The Hall–Kier alpha value is -2.18. The number of carboxylic acid groups (broad SMARTS) is 1. The first-order valence-corrected chi connectivity index (χ1v) is 5.74. The number of aliphatic carboxylic acids is 1. The van der Waals surface area contributed by atoms with Gasteiger partial charge in [-0.1, -0.05) is 0 Å². The van der Waals surface area contributed by atoms with Crippen LogP contribution < -0.4 is 5.32 Å². The summed E-state index contributed by atoms with van der Waals surface area (Å²) < 4.78 is 5.09. The number of rotatable bonds is 4. The Bertz CT molecular complexity index is 442. The van der Waals surface area contributed by atoms with Crippen LogP contribution in [0.2, 0.25) is 0 Å². The van der Waals surface area contributed by atoms with Crippen LogP contribution in [0.1, 0.15) is 38.8 Å². The van der Waals surface area contributed by atoms with Gasteiger partial charge in [-0.25, -0.2) is 14.8 Å². The molecule has 1 aromatic rings. The van der Waals surface area contributed by atoms with Crippen LogP contribution >= 0.6 is 0 Å². The summed E-state index contributed by atoms with van der Waals surface area (Å²) >= 11 is 0. The van der Waals surface area contributed by atoms with E-state index in [1.165, 1.54) is 18.7 Å². The first-order chi connectivity index (χ1) is 8.78. The third kappa shape index (κ3) is 5.80. The first-order valence-electron chi connectivity index (χ1n) is 5.74. The topological polar surface area (TPSA) is 101 Å². The molecular weight excluding hydrogens is 250 g/mol. The molecule has 0 saturated heterocycles. The molecule has 0 spiro atoms. The molecule has 1 aromatic heterocycles. The molecule has 1 atom stereocenters. The second kappa shape index (κ2) is 6.12. The van der Waals surface area contributed by atoms with Crippen molar-refractivity contribution >= 4 is 12.1 Å². The van der Waals surface area contributed by atoms with Crippen LogP contribution in [0, 0.1) is 0 Å². The number of ether oxygens (including phenoxy) is 1. The van der Waals surface area contributed by atoms with E-state index < -0.39 is 23.7 Å². The van der Waals surface area contributed by atoms with Gasteiger partial charge in [0.05, 0.1) is 12.5 Å². The van der Waals surface area contributed by atoms with Crippen molar-refractivity contribution in [3.63, 3.8) is 0 Å². The predicted molar refractivity (Wildman–Crippen MR) is 66.4 cm³/mol. The molecular formula is C12H17N3O4. The number of nitrogens with one attached hydrogen (secondary N) is 1. The zero-order valence-corrected chi connectivity index (χ0v) is 11.1. The largest absolute Gasteiger partial charge is 0.481 e. The van der Waals surface area contributed by atoms with Crippen LogP contribution in [0.25, 0.3) is 0 Å². The molecule has 0 radical (unpaired) electrons. The number of carbonyl (C=O) groups is 2. The Labute approximate surface area is 111 Å². The van der Waals surface area contributed by atoms with Gasteiger partial charge in [-0.2, -0.15) is 0 Å². The maximum atomic E-state index is 11.7. The minimum absolute atomic E-state index is 0.271. The molecule has 19 heavy (non-hydrogen) atoms. The van der Waals surface area contributed by atoms with Crippen molar-refractivity contribution in [2.45, 2.75) is 38.8 Å². The van der Waals surface area contributed by atoms with E-state index >= 15 is 0 Å². The summed E-state index contributed by atoms with van der Waals surface area (Å²) in [5, 5.41) is 11.4. The molecule has 1 amide bonds. The predicted octanol–water partition coefficient (Wildman–Crippen LogP) is 1.52. The van der Waals surface area contributed by atoms with Crippen molar-refractivity contribution < 1.29 is 19.4 Å². The molecule has 0 unspecified atom stereocenters. The molecule has 1 heterocycles. The van der Waals surface area contributed by atoms with Crippen molar-refractivity contribution in [2.24, 2.45) is 0 Å². The lowest BCUT2D eigenvalue weighted by molar-refractivity contribution is -0.137. The van der Waals surface area contributed by atoms with E-state index in [0.717, 1.165) is 0 Å². The monoisotopic (exact) mass is 267 g/mol. The highest BCUT2D eigenvalue weighted by molar-refractivity contribution is 5.72. The van der Waals surface area contributed by atoms with Gasteiger partial charge in [0.25, 0.3) is 0 Å². The zero-order valence-electron chi connectivity index (χ0n) is 11.1. The van der Waals surface area contributed by atoms with Gasteiger partial charge < -0.3 is 15.2 Å². The van der Waals surface area contributed by atoms with Crippen LogP contribution in [-0.2, 0) is 9.53 Å². The van der Waals surface area contributed by atoms with Crippen LogP contribution in [0.4, 0.5) is 4.79 Å². The van der Waals surface area contributed by atoms with Crippen molar-refractivity contribution in [2.75, 3.05) is 0 Å². The minimum atomic E-state index is -1.04. The van der Waals surface area contributed by atoms with Gasteiger partial charge in [-0.05, 0) is 20.8 Å². The minimum Gasteiger partial charge on any atom is -0.481 e. The molecule has 0 aromatic carbocycles. The summed E-state index contributed by atoms with van der Waals surface area (Å²) in [7, 11) is 0. The highest BCUT2D eigenvalue weighted by Gasteiger charge is 2.22. The summed E-state index contributed by atoms with van der Waals surface area (Å²) in [6.45, 7) is 5.18. The van der Waals surface area contributed by atoms with E-state index in [1.54, 1.807) is 20.8 Å². The molecule has 0 bridgehead atoms. The fourth-order valence-electron chi connectivity index (χ4n) is 1.37. The summed E-state index contributed by atoms with van der Waals surface area (Å²) in [5.41, 5.74) is -0.138. The maximum absolute atomic E-state index is 11.7. The van der Waals surface area contributed by atoms with E-state index in [9.17, 15) is 9.59 Å². The van der Waals surface area contributed by atoms with Gasteiger partial charge in [0.2, 0.25) is 0 Å². The van der Waals surface area contributed by atoms with Gasteiger partial charge in [-0.3, -0.25) is 4.79 Å². The van der Waals surface area contributed by atoms with Crippen molar-refractivity contribution in [3.8, 4) is 0 Å². The standard InChI is InChI=1S/C12H17N3O4/c1-12(2,3)19-11(18)15-9(4-10(16)17)8-5-13-7-14-6-8/h5-7,9H,4H2,1-3H3,(H,15,18)(H,16,17)/t9-/m1/s1. The van der Waals surface area contributed by atoms with Crippen molar-refractivity contribution in [3.05, 3.63) is 24.3 Å². The number of carbonyl (C=O) groups excluding carboxylic acids is 1. The Morgan fingerprint density at radius 2 is 1.95 bits per heavy atom. The smallest absolute Gasteiger partial charge is 0.408 e. The number of carboxylic acids is 1. The third-order valence-corrected chi connectivity index (χ3v) is 2.05. The number of aromatic nitrogens is 2. The number of nitrogens with zero attached hydrogens (tertiary/aromatic N) is 2. The van der Waals surface area contributed by atoms with Crippen LogP contribution in [0.3, 0.4) is 0 Å². The lowest BCUT2D eigenvalue weighted by Gasteiger charge is -2.22. The Morgan fingerprint density at radius 3 is 2.42 bits per heavy atom. The molecule has 7 heteroatoms. The molecule has 0 aliphatic carbocycles. The van der Waals surface area contributed by atoms with E-state index in [1.807, 2.05) is 0 Å². The summed E-state index contributed by atoms with van der Waals surface area (Å²) in [5.74, 6) is -1.04. The lowest BCUT2D eigenvalue weighted by Crippen LogP contribution is -2.35. The van der Waals surface area contributed by atoms with Crippen LogP contribution in [-0.4, -0.2) is 32.7 Å².